The molecule has 0 amide bonds. The first kappa shape index (κ1) is 13.7. The maximum Gasteiger partial charge on any atom is 0.148 e. The third kappa shape index (κ3) is 3.83. The second-order valence-electron chi connectivity index (χ2n) is 4.39. The van der Waals surface area contributed by atoms with Crippen LogP contribution in [0.15, 0.2) is 6.33 Å². The average Bonchev–Trinajstić information content (AvgIpc) is 2.28. The molecule has 6 nitrogen and oxygen atoms in total. The summed E-state index contributed by atoms with van der Waals surface area (Å²) in [6.07, 6.45) is 1.47. The van der Waals surface area contributed by atoms with Crippen LogP contribution in [0.3, 0.4) is 0 Å². The lowest BCUT2D eigenvalue weighted by molar-refractivity contribution is 0.000635. The fourth-order valence-corrected chi connectivity index (χ4v) is 1.51. The summed E-state index contributed by atoms with van der Waals surface area (Å²) in [4.78, 5) is 8.20. The van der Waals surface area contributed by atoms with Crippen molar-refractivity contribution in [1.82, 2.24) is 9.97 Å². The molecule has 4 N–H and O–H groups in total. The predicted molar refractivity (Wildman–Crippen MR) is 68.8 cm³/mol. The Hall–Kier alpha value is -1.40. The average molecular weight is 239 g/mol. The lowest BCUT2D eigenvalue weighted by atomic mass is 10.1. The van der Waals surface area contributed by atoms with Crippen LogP contribution in [0.25, 0.3) is 0 Å². The van der Waals surface area contributed by atoms with Gasteiger partial charge in [0.2, 0.25) is 0 Å². The lowest BCUT2D eigenvalue weighted by Gasteiger charge is -2.25. The monoisotopic (exact) mass is 239 g/mol. The minimum Gasteiger partial charge on any atom is -0.374 e. The molecule has 0 saturated carbocycles. The maximum absolute atomic E-state index is 5.60. The molecule has 0 bridgehead atoms. The van der Waals surface area contributed by atoms with E-state index in [2.05, 4.69) is 20.7 Å². The molecule has 0 spiro atoms. The largest absolute Gasteiger partial charge is 0.374 e. The summed E-state index contributed by atoms with van der Waals surface area (Å²) >= 11 is 0. The van der Waals surface area contributed by atoms with E-state index in [0.717, 1.165) is 11.4 Å². The quantitative estimate of drug-likeness (QED) is 0.512. The van der Waals surface area contributed by atoms with Gasteiger partial charge in [-0.1, -0.05) is 0 Å². The lowest BCUT2D eigenvalue weighted by Crippen LogP contribution is -2.33. The topological polar surface area (TPSA) is 85.1 Å². The van der Waals surface area contributed by atoms with Crippen molar-refractivity contribution in [3.63, 3.8) is 0 Å². The summed E-state index contributed by atoms with van der Waals surface area (Å²) in [7, 11) is 0. The van der Waals surface area contributed by atoms with Crippen LogP contribution >= 0.6 is 0 Å². The highest BCUT2D eigenvalue weighted by atomic mass is 16.5. The molecule has 0 aliphatic rings. The molecule has 1 heterocycles. The van der Waals surface area contributed by atoms with Gasteiger partial charge < -0.3 is 15.5 Å². The number of nitrogens with one attached hydrogen (secondary N) is 2. The number of aromatic nitrogens is 2. The summed E-state index contributed by atoms with van der Waals surface area (Å²) in [5, 5.41) is 3.24. The van der Waals surface area contributed by atoms with Crippen LogP contribution < -0.4 is 16.6 Å². The number of ether oxygens (including phenoxy) is 1. The Bertz CT molecular complexity index is 367. The number of hydrazine groups is 1. The number of hydrogen-bond donors (Lipinski definition) is 3. The van der Waals surface area contributed by atoms with Crippen molar-refractivity contribution in [2.75, 3.05) is 23.9 Å². The predicted octanol–water partition coefficient (Wildman–Crippen LogP) is 1.30. The van der Waals surface area contributed by atoms with Crippen molar-refractivity contribution in [1.29, 1.82) is 0 Å². The van der Waals surface area contributed by atoms with Crippen LogP contribution in [0.1, 0.15) is 26.3 Å². The van der Waals surface area contributed by atoms with Crippen LogP contribution in [0, 0.1) is 6.92 Å². The number of anilines is 2. The molecule has 0 aliphatic heterocycles. The molecule has 0 atom stereocenters. The summed E-state index contributed by atoms with van der Waals surface area (Å²) in [5.41, 5.74) is 3.19. The molecule has 0 fully saturated rings. The molecule has 17 heavy (non-hydrogen) atoms. The van der Waals surface area contributed by atoms with Crippen molar-refractivity contribution in [3.05, 3.63) is 11.9 Å². The summed E-state index contributed by atoms with van der Waals surface area (Å²) < 4.78 is 5.60. The molecular weight excluding hydrogens is 218 g/mol. The Kier molecular flexibility index (Phi) is 4.65. The van der Waals surface area contributed by atoms with Gasteiger partial charge in [-0.25, -0.2) is 15.8 Å². The highest BCUT2D eigenvalue weighted by Gasteiger charge is 2.18. The summed E-state index contributed by atoms with van der Waals surface area (Å²) in [5.74, 6) is 6.74. The smallest absolute Gasteiger partial charge is 0.148 e. The van der Waals surface area contributed by atoms with Crippen LogP contribution in [0.2, 0.25) is 0 Å². The second kappa shape index (κ2) is 5.79. The third-order valence-electron chi connectivity index (χ3n) is 2.44. The van der Waals surface area contributed by atoms with Gasteiger partial charge in [-0.2, -0.15) is 0 Å². The van der Waals surface area contributed by atoms with Gasteiger partial charge in [0.1, 0.15) is 18.0 Å². The van der Waals surface area contributed by atoms with E-state index < -0.39 is 0 Å². The number of nitrogens with two attached hydrogens (primary N) is 1. The highest BCUT2D eigenvalue weighted by molar-refractivity contribution is 5.55. The van der Waals surface area contributed by atoms with Gasteiger partial charge in [0.15, 0.2) is 0 Å². The van der Waals surface area contributed by atoms with Gasteiger partial charge in [0.05, 0.1) is 5.60 Å². The van der Waals surface area contributed by atoms with Crippen molar-refractivity contribution in [3.8, 4) is 0 Å². The first-order valence-electron chi connectivity index (χ1n) is 5.66. The first-order chi connectivity index (χ1) is 8.00. The van der Waals surface area contributed by atoms with Crippen molar-refractivity contribution in [2.24, 2.45) is 5.84 Å². The Labute approximate surface area is 102 Å². The Balaban J connectivity index is 2.69. The molecule has 0 aromatic carbocycles. The molecular formula is C11H21N5O. The van der Waals surface area contributed by atoms with E-state index in [1.165, 1.54) is 6.33 Å². The minimum atomic E-state index is -0.234. The summed E-state index contributed by atoms with van der Waals surface area (Å²) in [6, 6.07) is 0. The molecule has 1 rings (SSSR count). The van der Waals surface area contributed by atoms with E-state index in [9.17, 15) is 0 Å². The van der Waals surface area contributed by atoms with Gasteiger partial charge in [-0.15, -0.1) is 0 Å². The summed E-state index contributed by atoms with van der Waals surface area (Å²) in [6.45, 7) is 9.30. The van der Waals surface area contributed by atoms with Gasteiger partial charge >= 0.3 is 0 Å². The third-order valence-corrected chi connectivity index (χ3v) is 2.44. The molecule has 0 aliphatic carbocycles. The second-order valence-corrected chi connectivity index (χ2v) is 4.39. The van der Waals surface area contributed by atoms with E-state index in [1.54, 1.807) is 0 Å². The van der Waals surface area contributed by atoms with Crippen molar-refractivity contribution >= 4 is 11.6 Å². The molecule has 0 saturated heterocycles. The Morgan fingerprint density at radius 2 is 2.00 bits per heavy atom. The van der Waals surface area contributed by atoms with E-state index in [0.29, 0.717) is 19.0 Å². The van der Waals surface area contributed by atoms with E-state index >= 15 is 0 Å². The Morgan fingerprint density at radius 3 is 2.59 bits per heavy atom. The zero-order chi connectivity index (χ0) is 12.9. The zero-order valence-electron chi connectivity index (χ0n) is 10.9. The number of rotatable bonds is 6. The molecule has 0 radical (unpaired) electrons. The fourth-order valence-electron chi connectivity index (χ4n) is 1.51. The van der Waals surface area contributed by atoms with Crippen LogP contribution in [0.5, 0.6) is 0 Å². The molecule has 1 aromatic heterocycles. The van der Waals surface area contributed by atoms with E-state index in [-0.39, 0.29) is 5.60 Å². The van der Waals surface area contributed by atoms with Gasteiger partial charge in [-0.3, -0.25) is 0 Å². The first-order valence-corrected chi connectivity index (χ1v) is 5.66. The molecule has 96 valence electrons. The molecule has 0 unspecified atom stereocenters. The molecule has 6 heteroatoms. The number of nitrogen functional groups attached to an aromatic ring is 1. The normalized spacial score (nSPS) is 11.4. The van der Waals surface area contributed by atoms with Crippen LogP contribution in [-0.4, -0.2) is 28.7 Å². The van der Waals surface area contributed by atoms with Crippen molar-refractivity contribution < 1.29 is 4.74 Å². The maximum atomic E-state index is 5.60. The Morgan fingerprint density at radius 1 is 1.35 bits per heavy atom. The van der Waals surface area contributed by atoms with E-state index in [4.69, 9.17) is 10.6 Å². The van der Waals surface area contributed by atoms with Gasteiger partial charge in [0.25, 0.3) is 0 Å². The zero-order valence-corrected chi connectivity index (χ0v) is 10.9. The van der Waals surface area contributed by atoms with Crippen molar-refractivity contribution in [2.45, 2.75) is 33.3 Å². The van der Waals surface area contributed by atoms with E-state index in [1.807, 2.05) is 27.7 Å². The van der Waals surface area contributed by atoms with Crippen LogP contribution in [0.4, 0.5) is 11.6 Å². The van der Waals surface area contributed by atoms with Gasteiger partial charge in [0, 0.05) is 18.7 Å². The molecule has 1 aromatic rings. The van der Waals surface area contributed by atoms with Crippen LogP contribution in [-0.2, 0) is 4.74 Å². The fraction of sp³-hybridized carbons (Fsp3) is 0.636. The highest BCUT2D eigenvalue weighted by Crippen LogP contribution is 2.18. The minimum absolute atomic E-state index is 0.234. The SMILES string of the molecule is CCOC(C)(C)CNc1ncnc(NN)c1C. The number of hydrogen-bond acceptors (Lipinski definition) is 6. The number of nitrogens with zero attached hydrogens (tertiary/aromatic N) is 2. The van der Waals surface area contributed by atoms with Gasteiger partial charge in [-0.05, 0) is 27.7 Å². The standard InChI is InChI=1S/C11H21N5O/c1-5-17-11(3,4)6-13-9-8(2)10(16-12)15-7-14-9/h7H,5-6,12H2,1-4H3,(H2,13,14,15,16).